The third-order valence-electron chi connectivity index (χ3n) is 3.49. The number of rotatable bonds is 2. The Morgan fingerprint density at radius 2 is 2.09 bits per heavy atom. The number of ether oxygens (including phenoxy) is 2. The highest BCUT2D eigenvalue weighted by molar-refractivity contribution is 7.19. The predicted molar refractivity (Wildman–Crippen MR) is 80.9 cm³/mol. The lowest BCUT2D eigenvalue weighted by Gasteiger charge is -2.05. The molecule has 4 rings (SSSR count). The van der Waals surface area contributed by atoms with Gasteiger partial charge in [0.25, 0.3) is 5.91 Å². The van der Waals surface area contributed by atoms with E-state index >= 15 is 0 Å². The lowest BCUT2D eigenvalue weighted by molar-refractivity contribution is 0.102. The van der Waals surface area contributed by atoms with Crippen LogP contribution >= 0.6 is 11.3 Å². The molecule has 0 atom stereocenters. The summed E-state index contributed by atoms with van der Waals surface area (Å²) < 4.78 is 12.4. The largest absolute Gasteiger partial charge is 0.454 e. The van der Waals surface area contributed by atoms with E-state index in [1.165, 1.54) is 11.3 Å². The van der Waals surface area contributed by atoms with Crippen molar-refractivity contribution in [1.29, 1.82) is 0 Å². The minimum absolute atomic E-state index is 0.175. The van der Waals surface area contributed by atoms with Crippen molar-refractivity contribution >= 4 is 27.9 Å². The molecule has 0 saturated heterocycles. The van der Waals surface area contributed by atoms with Crippen LogP contribution in [0.2, 0.25) is 0 Å². The van der Waals surface area contributed by atoms with Crippen LogP contribution in [0.3, 0.4) is 0 Å². The van der Waals surface area contributed by atoms with Gasteiger partial charge in [-0.3, -0.25) is 9.20 Å². The summed E-state index contributed by atoms with van der Waals surface area (Å²) in [6, 6.07) is 5.31. The highest BCUT2D eigenvalue weighted by atomic mass is 32.1. The number of aryl methyl sites for hydroxylation is 2. The van der Waals surface area contributed by atoms with Gasteiger partial charge in [0.15, 0.2) is 11.5 Å². The standard InChI is InChI=1S/C14H12N4O3S/c1-7-12(22-14-17-16-8(2)18(7)14)13(19)15-9-3-4-10-11(5-9)21-6-20-10/h3-5H,6H2,1-2H3,(H,15,19). The molecule has 3 aromatic rings. The Hall–Kier alpha value is -2.61. The van der Waals surface area contributed by atoms with Crippen molar-refractivity contribution in [3.8, 4) is 11.5 Å². The Bertz CT molecular complexity index is 899. The monoisotopic (exact) mass is 316 g/mol. The molecule has 0 saturated carbocycles. The Balaban J connectivity index is 1.65. The summed E-state index contributed by atoms with van der Waals surface area (Å²) in [6.45, 7) is 3.95. The number of fused-ring (bicyclic) bond motifs is 2. The molecule has 0 aliphatic carbocycles. The number of hydrogen-bond donors (Lipinski definition) is 1. The number of hydrogen-bond acceptors (Lipinski definition) is 6. The first-order valence-electron chi connectivity index (χ1n) is 6.65. The van der Waals surface area contributed by atoms with Crippen LogP contribution in [0.25, 0.3) is 4.96 Å². The molecule has 0 bridgehead atoms. The van der Waals surface area contributed by atoms with E-state index in [9.17, 15) is 4.79 Å². The normalized spacial score (nSPS) is 12.8. The summed E-state index contributed by atoms with van der Waals surface area (Å²) in [6.07, 6.45) is 0. The molecule has 2 aromatic heterocycles. The SMILES string of the molecule is Cc1nnc2sc(C(=O)Nc3ccc4c(c3)OCO4)c(C)n12. The fourth-order valence-corrected chi connectivity index (χ4v) is 3.44. The Morgan fingerprint density at radius 1 is 1.27 bits per heavy atom. The summed E-state index contributed by atoms with van der Waals surface area (Å²) in [5.74, 6) is 1.91. The molecule has 8 heteroatoms. The Labute approximate surface area is 129 Å². The number of carbonyl (C=O) groups is 1. The van der Waals surface area contributed by atoms with Gasteiger partial charge in [-0.2, -0.15) is 0 Å². The minimum atomic E-state index is -0.175. The third-order valence-corrected chi connectivity index (χ3v) is 4.62. The van der Waals surface area contributed by atoms with Gasteiger partial charge in [-0.15, -0.1) is 10.2 Å². The second kappa shape index (κ2) is 4.70. The average Bonchev–Trinajstić information content (AvgIpc) is 3.17. The third kappa shape index (κ3) is 1.92. The molecular weight excluding hydrogens is 304 g/mol. The zero-order valence-electron chi connectivity index (χ0n) is 11.9. The van der Waals surface area contributed by atoms with E-state index in [0.29, 0.717) is 27.0 Å². The summed E-state index contributed by atoms with van der Waals surface area (Å²) >= 11 is 1.32. The fourth-order valence-electron chi connectivity index (χ4n) is 2.43. The van der Waals surface area contributed by atoms with Crippen LogP contribution < -0.4 is 14.8 Å². The first kappa shape index (κ1) is 13.1. The fraction of sp³-hybridized carbons (Fsp3) is 0.214. The van der Waals surface area contributed by atoms with Crippen molar-refractivity contribution in [2.45, 2.75) is 13.8 Å². The van der Waals surface area contributed by atoms with Crippen LogP contribution in [-0.2, 0) is 0 Å². The maximum Gasteiger partial charge on any atom is 0.267 e. The molecule has 22 heavy (non-hydrogen) atoms. The molecule has 0 unspecified atom stereocenters. The van der Waals surface area contributed by atoms with E-state index in [4.69, 9.17) is 9.47 Å². The first-order chi connectivity index (χ1) is 10.6. The van der Waals surface area contributed by atoms with Crippen LogP contribution in [0.4, 0.5) is 5.69 Å². The van der Waals surface area contributed by atoms with Crippen molar-refractivity contribution < 1.29 is 14.3 Å². The second-order valence-corrected chi connectivity index (χ2v) is 5.88. The van der Waals surface area contributed by atoms with Crippen molar-refractivity contribution in [2.75, 3.05) is 12.1 Å². The number of anilines is 1. The summed E-state index contributed by atoms with van der Waals surface area (Å²) in [5.41, 5.74) is 1.50. The summed E-state index contributed by atoms with van der Waals surface area (Å²) in [4.78, 5) is 13.8. The van der Waals surface area contributed by atoms with Gasteiger partial charge in [-0.05, 0) is 26.0 Å². The topological polar surface area (TPSA) is 77.8 Å². The van der Waals surface area contributed by atoms with Crippen LogP contribution in [0.5, 0.6) is 11.5 Å². The van der Waals surface area contributed by atoms with E-state index in [1.807, 2.05) is 18.2 Å². The first-order valence-corrected chi connectivity index (χ1v) is 7.47. The highest BCUT2D eigenvalue weighted by Gasteiger charge is 2.20. The number of benzene rings is 1. The van der Waals surface area contributed by atoms with Crippen LogP contribution in [0, 0.1) is 13.8 Å². The molecular formula is C14H12N4O3S. The van der Waals surface area contributed by atoms with Crippen molar-refractivity contribution in [3.63, 3.8) is 0 Å². The van der Waals surface area contributed by atoms with Crippen molar-refractivity contribution in [3.05, 3.63) is 34.6 Å². The molecule has 1 amide bonds. The summed E-state index contributed by atoms with van der Waals surface area (Å²) in [7, 11) is 0. The van der Waals surface area contributed by atoms with Gasteiger partial charge in [-0.25, -0.2) is 0 Å². The molecule has 3 heterocycles. The van der Waals surface area contributed by atoms with E-state index in [2.05, 4.69) is 15.5 Å². The number of nitrogens with one attached hydrogen (secondary N) is 1. The van der Waals surface area contributed by atoms with Crippen LogP contribution in [-0.4, -0.2) is 27.3 Å². The number of amides is 1. The lowest BCUT2D eigenvalue weighted by atomic mass is 10.2. The van der Waals surface area contributed by atoms with E-state index < -0.39 is 0 Å². The lowest BCUT2D eigenvalue weighted by Crippen LogP contribution is -2.12. The maximum absolute atomic E-state index is 12.5. The van der Waals surface area contributed by atoms with E-state index in [-0.39, 0.29) is 12.7 Å². The molecule has 1 aliphatic heterocycles. The molecule has 0 radical (unpaired) electrons. The van der Waals surface area contributed by atoms with Gasteiger partial charge in [0.05, 0.1) is 0 Å². The van der Waals surface area contributed by atoms with Gasteiger partial charge >= 0.3 is 0 Å². The van der Waals surface area contributed by atoms with E-state index in [1.54, 1.807) is 18.2 Å². The van der Waals surface area contributed by atoms with Gasteiger partial charge in [-0.1, -0.05) is 11.3 Å². The number of nitrogens with zero attached hydrogens (tertiary/aromatic N) is 3. The zero-order chi connectivity index (χ0) is 15.3. The van der Waals surface area contributed by atoms with Gasteiger partial charge in [0.1, 0.15) is 10.7 Å². The van der Waals surface area contributed by atoms with Crippen molar-refractivity contribution in [1.82, 2.24) is 14.6 Å². The number of aromatic nitrogens is 3. The van der Waals surface area contributed by atoms with Gasteiger partial charge < -0.3 is 14.8 Å². The van der Waals surface area contributed by atoms with Crippen LogP contribution in [0.1, 0.15) is 21.2 Å². The second-order valence-electron chi connectivity index (χ2n) is 4.90. The molecule has 1 N–H and O–H groups in total. The zero-order valence-corrected chi connectivity index (χ0v) is 12.7. The molecule has 7 nitrogen and oxygen atoms in total. The van der Waals surface area contributed by atoms with Crippen molar-refractivity contribution in [2.24, 2.45) is 0 Å². The maximum atomic E-state index is 12.5. The number of thiazole rings is 1. The molecule has 0 spiro atoms. The highest BCUT2D eigenvalue weighted by Crippen LogP contribution is 2.34. The Morgan fingerprint density at radius 3 is 2.91 bits per heavy atom. The molecule has 1 aliphatic rings. The van der Waals surface area contributed by atoms with Crippen LogP contribution in [0.15, 0.2) is 18.2 Å². The smallest absolute Gasteiger partial charge is 0.267 e. The van der Waals surface area contributed by atoms with Gasteiger partial charge in [0, 0.05) is 17.4 Å². The molecule has 0 fully saturated rings. The predicted octanol–water partition coefficient (Wildman–Crippen LogP) is 2.39. The minimum Gasteiger partial charge on any atom is -0.454 e. The average molecular weight is 316 g/mol. The Kier molecular flexibility index (Phi) is 2.80. The van der Waals surface area contributed by atoms with Gasteiger partial charge in [0.2, 0.25) is 11.8 Å². The van der Waals surface area contributed by atoms with E-state index in [0.717, 1.165) is 11.5 Å². The quantitative estimate of drug-likeness (QED) is 0.785. The number of carbonyl (C=O) groups excluding carboxylic acids is 1. The molecule has 112 valence electrons. The summed E-state index contributed by atoms with van der Waals surface area (Å²) in [5, 5.41) is 10.9. The molecule has 1 aromatic carbocycles.